The number of rotatable bonds is 4. The van der Waals surface area contributed by atoms with Crippen LogP contribution in [-0.2, 0) is 10.3 Å². The maximum atomic E-state index is 12.8. The number of halogens is 3. The summed E-state index contributed by atoms with van der Waals surface area (Å²) in [5, 5.41) is 5.88. The van der Waals surface area contributed by atoms with Crippen molar-refractivity contribution in [2.45, 2.75) is 38.5 Å². The molecule has 1 aliphatic heterocycles. The van der Waals surface area contributed by atoms with Crippen molar-refractivity contribution in [3.63, 3.8) is 0 Å². The van der Waals surface area contributed by atoms with Crippen molar-refractivity contribution in [3.8, 4) is 0 Å². The number of fused-ring (bicyclic) bond motifs is 1. The maximum absolute atomic E-state index is 12.8. The van der Waals surface area contributed by atoms with Crippen LogP contribution in [0.3, 0.4) is 0 Å². The van der Waals surface area contributed by atoms with E-state index >= 15 is 0 Å². The molecule has 1 aliphatic rings. The van der Waals surface area contributed by atoms with Crippen LogP contribution in [-0.4, -0.2) is 58.6 Å². The molecule has 0 aliphatic carbocycles. The zero-order valence-electron chi connectivity index (χ0n) is 15.6. The van der Waals surface area contributed by atoms with E-state index in [9.17, 15) is 18.0 Å². The maximum Gasteiger partial charge on any atom is 0.401 e. The van der Waals surface area contributed by atoms with Crippen molar-refractivity contribution in [3.05, 3.63) is 35.9 Å². The molecule has 1 amide bonds. The first-order valence-electron chi connectivity index (χ1n) is 8.85. The number of piperazine rings is 1. The van der Waals surface area contributed by atoms with Gasteiger partial charge < -0.3 is 15.0 Å². The van der Waals surface area contributed by atoms with Crippen LogP contribution in [0.4, 0.5) is 13.2 Å². The second-order valence-electron chi connectivity index (χ2n) is 7.45. The Morgan fingerprint density at radius 1 is 1.41 bits per heavy atom. The number of carbonyl (C=O) groups excluding carboxylic acids is 1. The molecule has 6 nitrogen and oxygen atoms in total. The highest BCUT2D eigenvalue weighted by molar-refractivity contribution is 5.83. The summed E-state index contributed by atoms with van der Waals surface area (Å²) in [6.45, 7) is 5.24. The highest BCUT2D eigenvalue weighted by Crippen LogP contribution is 2.23. The molecular formula is C18H24F3N5O. The highest BCUT2D eigenvalue weighted by atomic mass is 19.4. The van der Waals surface area contributed by atoms with Gasteiger partial charge in [0.25, 0.3) is 0 Å². The van der Waals surface area contributed by atoms with Crippen LogP contribution in [0.15, 0.2) is 24.5 Å². The molecule has 0 spiro atoms. The van der Waals surface area contributed by atoms with E-state index in [1.165, 1.54) is 4.90 Å². The fraction of sp³-hybridized carbons (Fsp3) is 0.556. The average molecular weight is 383 g/mol. The molecule has 1 fully saturated rings. The third kappa shape index (κ3) is 4.24. The summed E-state index contributed by atoms with van der Waals surface area (Å²) in [7, 11) is 0. The Labute approximate surface area is 155 Å². The summed E-state index contributed by atoms with van der Waals surface area (Å²) in [4.78, 5) is 18.4. The number of imidazole rings is 1. The molecule has 1 saturated heterocycles. The molecule has 27 heavy (non-hydrogen) atoms. The average Bonchev–Trinajstić information content (AvgIpc) is 3.00. The molecule has 148 valence electrons. The van der Waals surface area contributed by atoms with Gasteiger partial charge in [-0.1, -0.05) is 6.07 Å². The summed E-state index contributed by atoms with van der Waals surface area (Å²) < 4.78 is 40.4. The Kier molecular flexibility index (Phi) is 5.18. The Bertz CT molecular complexity index is 830. The number of pyridine rings is 1. The van der Waals surface area contributed by atoms with E-state index < -0.39 is 30.2 Å². The first-order valence-corrected chi connectivity index (χ1v) is 8.85. The Balaban J connectivity index is 1.81. The molecule has 9 heteroatoms. The first-order chi connectivity index (χ1) is 12.6. The number of hydrogen-bond acceptors (Lipinski definition) is 4. The number of alkyl halides is 3. The van der Waals surface area contributed by atoms with Gasteiger partial charge in [-0.3, -0.25) is 9.69 Å². The second-order valence-corrected chi connectivity index (χ2v) is 7.45. The smallest absolute Gasteiger partial charge is 0.343 e. The molecule has 0 unspecified atom stereocenters. The molecule has 1 atom stereocenters. The number of nitrogens with one attached hydrogen (secondary N) is 2. The van der Waals surface area contributed by atoms with Crippen LogP contribution >= 0.6 is 0 Å². The van der Waals surface area contributed by atoms with Gasteiger partial charge in [-0.05, 0) is 32.4 Å². The molecule has 0 radical (unpaired) electrons. The Morgan fingerprint density at radius 2 is 2.15 bits per heavy atom. The summed E-state index contributed by atoms with van der Waals surface area (Å²) in [6.07, 6.45) is -0.754. The van der Waals surface area contributed by atoms with Gasteiger partial charge in [0.1, 0.15) is 11.9 Å². The third-order valence-corrected chi connectivity index (χ3v) is 4.82. The predicted molar refractivity (Wildman–Crippen MR) is 95.4 cm³/mol. The van der Waals surface area contributed by atoms with E-state index in [4.69, 9.17) is 0 Å². The molecule has 3 heterocycles. The lowest BCUT2D eigenvalue weighted by molar-refractivity contribution is -0.157. The third-order valence-electron chi connectivity index (χ3n) is 4.82. The van der Waals surface area contributed by atoms with Gasteiger partial charge in [0, 0.05) is 25.8 Å². The van der Waals surface area contributed by atoms with Crippen molar-refractivity contribution in [1.82, 2.24) is 24.9 Å². The molecule has 2 aromatic heterocycles. The van der Waals surface area contributed by atoms with Gasteiger partial charge in [0.15, 0.2) is 0 Å². The van der Waals surface area contributed by atoms with Gasteiger partial charge in [-0.2, -0.15) is 13.2 Å². The van der Waals surface area contributed by atoms with Crippen LogP contribution in [0, 0.1) is 6.92 Å². The van der Waals surface area contributed by atoms with Crippen LogP contribution in [0.1, 0.15) is 25.2 Å². The van der Waals surface area contributed by atoms with E-state index in [1.807, 2.05) is 29.7 Å². The topological polar surface area (TPSA) is 61.7 Å². The number of aromatic nitrogens is 2. The van der Waals surface area contributed by atoms with Crippen LogP contribution < -0.4 is 10.6 Å². The van der Waals surface area contributed by atoms with Gasteiger partial charge in [0.2, 0.25) is 5.91 Å². The monoisotopic (exact) mass is 383 g/mol. The largest absolute Gasteiger partial charge is 0.401 e. The quantitative estimate of drug-likeness (QED) is 0.846. The minimum Gasteiger partial charge on any atom is -0.343 e. The van der Waals surface area contributed by atoms with Crippen molar-refractivity contribution in [2.75, 3.05) is 26.2 Å². The lowest BCUT2D eigenvalue weighted by Gasteiger charge is -2.37. The molecular weight excluding hydrogens is 359 g/mol. The summed E-state index contributed by atoms with van der Waals surface area (Å²) >= 11 is 0. The van der Waals surface area contributed by atoms with E-state index in [-0.39, 0.29) is 13.1 Å². The van der Waals surface area contributed by atoms with E-state index in [1.54, 1.807) is 20.0 Å². The van der Waals surface area contributed by atoms with Gasteiger partial charge >= 0.3 is 6.18 Å². The Hall–Kier alpha value is -2.13. The van der Waals surface area contributed by atoms with Crippen LogP contribution in [0.5, 0.6) is 0 Å². The first kappa shape index (κ1) is 19.6. The predicted octanol–water partition coefficient (Wildman–Crippen LogP) is 1.83. The standard InChI is InChI=1S/C18H24F3N5O/c1-12-5-4-7-26-13(12)10-23-16(26)17(2,3)24-15(27)14-9-22-6-8-25(14)11-18(19,20)21/h4-5,7,10,14,22H,6,8-9,11H2,1-3H3,(H,24,27)/t14-/m0/s1. The van der Waals surface area contributed by atoms with Crippen LogP contribution in [0.25, 0.3) is 5.52 Å². The fourth-order valence-corrected chi connectivity index (χ4v) is 3.50. The summed E-state index contributed by atoms with van der Waals surface area (Å²) in [5.74, 6) is 0.182. The SMILES string of the molecule is Cc1cccn2c(C(C)(C)NC(=O)[C@@H]3CNCCN3CC(F)(F)F)ncc12. The van der Waals surface area contributed by atoms with Crippen molar-refractivity contribution < 1.29 is 18.0 Å². The second kappa shape index (κ2) is 7.12. The molecule has 0 aromatic carbocycles. The molecule has 3 rings (SSSR count). The zero-order chi connectivity index (χ0) is 19.8. The minimum absolute atomic E-state index is 0.170. The van der Waals surface area contributed by atoms with Crippen molar-refractivity contribution in [2.24, 2.45) is 0 Å². The number of amides is 1. The number of hydrogen-bond donors (Lipinski definition) is 2. The van der Waals surface area contributed by atoms with E-state index in [0.29, 0.717) is 12.4 Å². The lowest BCUT2D eigenvalue weighted by atomic mass is 10.0. The highest BCUT2D eigenvalue weighted by Gasteiger charge is 2.39. The van der Waals surface area contributed by atoms with Crippen molar-refractivity contribution >= 4 is 11.4 Å². The lowest BCUT2D eigenvalue weighted by Crippen LogP contribution is -2.61. The van der Waals surface area contributed by atoms with Crippen LogP contribution in [0.2, 0.25) is 0 Å². The van der Waals surface area contributed by atoms with E-state index in [2.05, 4.69) is 15.6 Å². The Morgan fingerprint density at radius 3 is 2.85 bits per heavy atom. The molecule has 2 N–H and O–H groups in total. The van der Waals surface area contributed by atoms with Crippen molar-refractivity contribution in [1.29, 1.82) is 0 Å². The number of nitrogens with zero attached hydrogens (tertiary/aromatic N) is 3. The minimum atomic E-state index is -4.35. The summed E-state index contributed by atoms with van der Waals surface area (Å²) in [6, 6.07) is 2.98. The zero-order valence-corrected chi connectivity index (χ0v) is 15.6. The normalized spacial score (nSPS) is 19.4. The van der Waals surface area contributed by atoms with Gasteiger partial charge in [-0.25, -0.2) is 4.98 Å². The number of carbonyl (C=O) groups is 1. The fourth-order valence-electron chi connectivity index (χ4n) is 3.50. The van der Waals surface area contributed by atoms with Gasteiger partial charge in [0.05, 0.1) is 23.8 Å². The molecule has 0 bridgehead atoms. The molecule has 0 saturated carbocycles. The number of aryl methyl sites for hydroxylation is 1. The molecule has 2 aromatic rings. The van der Waals surface area contributed by atoms with Gasteiger partial charge in [-0.15, -0.1) is 0 Å². The summed E-state index contributed by atoms with van der Waals surface area (Å²) in [5.41, 5.74) is 1.12. The van der Waals surface area contributed by atoms with E-state index in [0.717, 1.165) is 11.1 Å².